The zero-order chi connectivity index (χ0) is 14.5. The highest BCUT2D eigenvalue weighted by molar-refractivity contribution is 8.02. The van der Waals surface area contributed by atoms with E-state index in [9.17, 15) is 18.3 Å². The Hall–Kier alpha value is -0.270. The molecular formula is C12H23NO4S2. The molecule has 0 saturated carbocycles. The molecule has 1 aliphatic heterocycles. The van der Waals surface area contributed by atoms with Crippen LogP contribution >= 0.6 is 11.8 Å². The molecule has 1 saturated heterocycles. The van der Waals surface area contributed by atoms with Crippen LogP contribution in [0.4, 0.5) is 0 Å². The van der Waals surface area contributed by atoms with E-state index in [0.717, 1.165) is 0 Å². The molecule has 1 fully saturated rings. The first kappa shape index (κ1) is 16.8. The van der Waals surface area contributed by atoms with E-state index in [1.54, 1.807) is 0 Å². The van der Waals surface area contributed by atoms with Crippen molar-refractivity contribution >= 4 is 27.5 Å². The molecule has 0 bridgehead atoms. The van der Waals surface area contributed by atoms with E-state index in [1.807, 2.05) is 13.8 Å². The fourth-order valence-electron chi connectivity index (χ4n) is 1.90. The molecule has 0 radical (unpaired) electrons. The van der Waals surface area contributed by atoms with Crippen molar-refractivity contribution in [3.63, 3.8) is 0 Å². The zero-order valence-electron chi connectivity index (χ0n) is 11.5. The molecule has 19 heavy (non-hydrogen) atoms. The monoisotopic (exact) mass is 309 g/mol. The predicted molar refractivity (Wildman–Crippen MR) is 78.1 cm³/mol. The molecule has 2 N–H and O–H groups in total. The summed E-state index contributed by atoms with van der Waals surface area (Å²) in [7, 11) is -2.88. The van der Waals surface area contributed by atoms with Gasteiger partial charge in [-0.25, -0.2) is 8.42 Å². The molecule has 0 aromatic carbocycles. The van der Waals surface area contributed by atoms with Crippen LogP contribution in [-0.4, -0.2) is 54.1 Å². The van der Waals surface area contributed by atoms with Crippen LogP contribution in [0.1, 0.15) is 33.1 Å². The van der Waals surface area contributed by atoms with Crippen molar-refractivity contribution < 1.29 is 18.3 Å². The molecule has 112 valence electrons. The number of thioether (sulfide) groups is 1. The normalized spacial score (nSPS) is 22.4. The summed E-state index contributed by atoms with van der Waals surface area (Å²) in [6, 6.07) is 0. The fourth-order valence-corrected chi connectivity index (χ4v) is 5.37. The summed E-state index contributed by atoms with van der Waals surface area (Å²) in [6.07, 6.45) is 1.82. The second kappa shape index (κ2) is 6.95. The van der Waals surface area contributed by atoms with Gasteiger partial charge in [0, 0.05) is 11.8 Å². The maximum Gasteiger partial charge on any atom is 0.230 e. The second-order valence-corrected chi connectivity index (χ2v) is 8.56. The zero-order valence-corrected chi connectivity index (χ0v) is 13.1. The van der Waals surface area contributed by atoms with Crippen molar-refractivity contribution in [3.05, 3.63) is 0 Å². The Bertz CT molecular complexity index is 404. The average Bonchev–Trinajstić information content (AvgIpc) is 2.73. The lowest BCUT2D eigenvalue weighted by molar-refractivity contribution is -0.119. The van der Waals surface area contributed by atoms with Crippen molar-refractivity contribution in [2.45, 2.75) is 44.0 Å². The van der Waals surface area contributed by atoms with Crippen molar-refractivity contribution in [2.75, 3.05) is 23.8 Å². The van der Waals surface area contributed by atoms with E-state index in [0.29, 0.717) is 19.3 Å². The van der Waals surface area contributed by atoms with Gasteiger partial charge in [0.25, 0.3) is 0 Å². The van der Waals surface area contributed by atoms with Crippen LogP contribution in [0.15, 0.2) is 0 Å². The number of nitrogens with one attached hydrogen (secondary N) is 1. The molecule has 1 atom stereocenters. The summed E-state index contributed by atoms with van der Waals surface area (Å²) < 4.78 is 22.5. The molecular weight excluding hydrogens is 286 g/mol. The Morgan fingerprint density at radius 3 is 2.53 bits per heavy atom. The summed E-state index contributed by atoms with van der Waals surface area (Å²) in [5, 5.41) is 12.8. The minimum Gasteiger partial charge on any atom is -0.388 e. The highest BCUT2D eigenvalue weighted by Gasteiger charge is 2.29. The number of sulfone groups is 1. The van der Waals surface area contributed by atoms with Crippen LogP contribution in [0.25, 0.3) is 0 Å². The van der Waals surface area contributed by atoms with Gasteiger partial charge in [-0.2, -0.15) is 0 Å². The smallest absolute Gasteiger partial charge is 0.230 e. The van der Waals surface area contributed by atoms with Crippen molar-refractivity contribution in [2.24, 2.45) is 0 Å². The highest BCUT2D eigenvalue weighted by atomic mass is 32.2. The second-order valence-electron chi connectivity index (χ2n) is 5.04. The van der Waals surface area contributed by atoms with Gasteiger partial charge in [0.2, 0.25) is 5.91 Å². The van der Waals surface area contributed by atoms with E-state index in [2.05, 4.69) is 5.32 Å². The quantitative estimate of drug-likeness (QED) is 0.718. The Balaban J connectivity index is 2.26. The van der Waals surface area contributed by atoms with E-state index in [1.165, 1.54) is 11.8 Å². The lowest BCUT2D eigenvalue weighted by Crippen LogP contribution is -2.42. The molecule has 7 heteroatoms. The topological polar surface area (TPSA) is 83.5 Å². The fraction of sp³-hybridized carbons (Fsp3) is 0.917. The third kappa shape index (κ3) is 5.71. The van der Waals surface area contributed by atoms with E-state index < -0.39 is 15.4 Å². The van der Waals surface area contributed by atoms with Crippen molar-refractivity contribution in [3.8, 4) is 0 Å². The van der Waals surface area contributed by atoms with Crippen LogP contribution in [0.2, 0.25) is 0 Å². The van der Waals surface area contributed by atoms with Crippen molar-refractivity contribution in [1.82, 2.24) is 5.32 Å². The summed E-state index contributed by atoms with van der Waals surface area (Å²) in [5.41, 5.74) is -0.836. The van der Waals surface area contributed by atoms with Gasteiger partial charge in [0.1, 0.15) is 0 Å². The average molecular weight is 309 g/mol. The number of amides is 1. The number of rotatable bonds is 7. The van der Waals surface area contributed by atoms with E-state index in [4.69, 9.17) is 0 Å². The molecule has 5 nitrogen and oxygen atoms in total. The summed E-state index contributed by atoms with van der Waals surface area (Å²) in [5.74, 6) is 0.523. The molecule has 0 aromatic heterocycles. The lowest BCUT2D eigenvalue weighted by Gasteiger charge is -2.25. The molecule has 1 heterocycles. The van der Waals surface area contributed by atoms with Crippen molar-refractivity contribution in [1.29, 1.82) is 0 Å². The lowest BCUT2D eigenvalue weighted by atomic mass is 9.98. The molecule has 1 amide bonds. The number of aliphatic hydroxyl groups is 1. The standard InChI is InChI=1S/C12H23NO4S2/c1-3-12(15,4-2)9-13-11(14)7-18-10-5-6-19(16,17)8-10/h10,15H,3-9H2,1-2H3,(H,13,14). The maximum absolute atomic E-state index is 11.6. The Morgan fingerprint density at radius 2 is 2.05 bits per heavy atom. The number of hydrogen-bond acceptors (Lipinski definition) is 5. The molecule has 1 rings (SSSR count). The van der Waals surface area contributed by atoms with E-state index in [-0.39, 0.29) is 35.0 Å². The van der Waals surface area contributed by atoms with Gasteiger partial charge in [0.15, 0.2) is 9.84 Å². The Labute approximate surface area is 119 Å². The molecule has 1 aliphatic rings. The minimum atomic E-state index is -2.88. The highest BCUT2D eigenvalue weighted by Crippen LogP contribution is 2.24. The third-order valence-electron chi connectivity index (χ3n) is 3.57. The first-order valence-electron chi connectivity index (χ1n) is 6.61. The molecule has 0 spiro atoms. The van der Waals surface area contributed by atoms with Gasteiger partial charge in [0.05, 0.1) is 22.9 Å². The summed E-state index contributed by atoms with van der Waals surface area (Å²) in [4.78, 5) is 11.6. The van der Waals surface area contributed by atoms with Gasteiger partial charge >= 0.3 is 0 Å². The Kier molecular flexibility index (Phi) is 6.14. The van der Waals surface area contributed by atoms with Gasteiger partial charge in [-0.05, 0) is 19.3 Å². The largest absolute Gasteiger partial charge is 0.388 e. The molecule has 1 unspecified atom stereocenters. The molecule has 0 aliphatic carbocycles. The van der Waals surface area contributed by atoms with Crippen LogP contribution in [0.3, 0.4) is 0 Å². The van der Waals surface area contributed by atoms with E-state index >= 15 is 0 Å². The summed E-state index contributed by atoms with van der Waals surface area (Å²) in [6.45, 7) is 4.02. The SMILES string of the molecule is CCC(O)(CC)CNC(=O)CSC1CCS(=O)(=O)C1. The first-order valence-corrected chi connectivity index (χ1v) is 9.48. The first-order chi connectivity index (χ1) is 8.80. The van der Waals surface area contributed by atoms with Crippen LogP contribution < -0.4 is 5.32 Å². The van der Waals surface area contributed by atoms with Crippen LogP contribution in [-0.2, 0) is 14.6 Å². The maximum atomic E-state index is 11.6. The van der Waals surface area contributed by atoms with Crippen LogP contribution in [0.5, 0.6) is 0 Å². The van der Waals surface area contributed by atoms with Gasteiger partial charge in [-0.1, -0.05) is 13.8 Å². The van der Waals surface area contributed by atoms with Gasteiger partial charge in [-0.15, -0.1) is 11.8 Å². The van der Waals surface area contributed by atoms with Gasteiger partial charge < -0.3 is 10.4 Å². The van der Waals surface area contributed by atoms with Gasteiger partial charge in [-0.3, -0.25) is 4.79 Å². The number of hydrogen-bond donors (Lipinski definition) is 2. The number of carbonyl (C=O) groups excluding carboxylic acids is 1. The predicted octanol–water partition coefficient (Wildman–Crippen LogP) is 0.574. The Morgan fingerprint density at radius 1 is 1.42 bits per heavy atom. The minimum absolute atomic E-state index is 0.0342. The summed E-state index contributed by atoms with van der Waals surface area (Å²) >= 11 is 1.39. The third-order valence-corrected chi connectivity index (χ3v) is 6.85. The number of carbonyl (C=O) groups is 1. The molecule has 0 aromatic rings. The van der Waals surface area contributed by atoms with Crippen LogP contribution in [0, 0.1) is 0 Å².